The van der Waals surface area contributed by atoms with Crippen LogP contribution in [0.5, 0.6) is 5.88 Å². The van der Waals surface area contributed by atoms with Crippen LogP contribution in [0.15, 0.2) is 40.4 Å². The highest BCUT2D eigenvalue weighted by atomic mass is 32.1. The van der Waals surface area contributed by atoms with E-state index in [4.69, 9.17) is 9.26 Å². The Balaban J connectivity index is 1.08. The number of amides is 2. The standard InChI is InChI=1S/C33H43N5O4S/c1-20(2)30(28-17-29(36-42-28)41-18-26-14-13-25-7-5-15-37(25)26)33(40)38-16-6-8-27(38)32(39)35-21(3)23-9-11-24(12-10-23)31-22(4)34-19-43-31/h9-12,17,19-21,25-27,30H,5-8,13-16,18H2,1-4H3,(H,35,39)/t21-,25?,26-,27-,30+/m0/s1. The van der Waals surface area contributed by atoms with Crippen molar-refractivity contribution in [2.75, 3.05) is 19.7 Å². The summed E-state index contributed by atoms with van der Waals surface area (Å²) in [6.45, 7) is 10.3. The second-order valence-electron chi connectivity index (χ2n) is 12.7. The van der Waals surface area contributed by atoms with Crippen molar-refractivity contribution in [3.05, 3.63) is 52.9 Å². The van der Waals surface area contributed by atoms with E-state index in [9.17, 15) is 9.59 Å². The Morgan fingerprint density at radius 3 is 2.63 bits per heavy atom. The summed E-state index contributed by atoms with van der Waals surface area (Å²) in [7, 11) is 0. The molecule has 5 atom stereocenters. The molecule has 10 heteroatoms. The lowest BCUT2D eigenvalue weighted by atomic mass is 9.91. The Bertz CT molecular complexity index is 1420. The predicted molar refractivity (Wildman–Crippen MR) is 166 cm³/mol. The monoisotopic (exact) mass is 605 g/mol. The minimum absolute atomic E-state index is 0.0302. The van der Waals surface area contributed by atoms with Crippen LogP contribution in [0.2, 0.25) is 0 Å². The van der Waals surface area contributed by atoms with E-state index in [0.29, 0.717) is 43.3 Å². The van der Waals surface area contributed by atoms with E-state index < -0.39 is 12.0 Å². The van der Waals surface area contributed by atoms with Gasteiger partial charge in [-0.25, -0.2) is 4.98 Å². The number of hydrogen-bond acceptors (Lipinski definition) is 8. The number of rotatable bonds is 10. The smallest absolute Gasteiger partial charge is 0.254 e. The number of nitrogens with one attached hydrogen (secondary N) is 1. The lowest BCUT2D eigenvalue weighted by Gasteiger charge is -2.29. The number of hydrogen-bond donors (Lipinski definition) is 1. The van der Waals surface area contributed by atoms with E-state index in [2.05, 4.69) is 32.5 Å². The Morgan fingerprint density at radius 1 is 1.09 bits per heavy atom. The molecule has 5 heterocycles. The SMILES string of the molecule is Cc1ncsc1-c1ccc([C@H](C)NC(=O)[C@@H]2CCCN2C(=O)[C@@H](c2cc(OC[C@@H]3CCC4CCCN43)no2)C(C)C)cc1. The number of benzene rings is 1. The second kappa shape index (κ2) is 12.8. The van der Waals surface area contributed by atoms with Gasteiger partial charge in [-0.3, -0.25) is 14.5 Å². The molecule has 3 fully saturated rings. The van der Waals surface area contributed by atoms with E-state index in [1.165, 1.54) is 19.3 Å². The van der Waals surface area contributed by atoms with Crippen LogP contribution in [0.25, 0.3) is 10.4 Å². The van der Waals surface area contributed by atoms with Crippen molar-refractivity contribution >= 4 is 23.2 Å². The lowest BCUT2D eigenvalue weighted by Crippen LogP contribution is -2.48. The van der Waals surface area contributed by atoms with Crippen molar-refractivity contribution in [3.8, 4) is 16.3 Å². The number of aryl methyl sites for hydroxylation is 1. The third-order valence-corrected chi connectivity index (χ3v) is 10.5. The van der Waals surface area contributed by atoms with E-state index in [-0.39, 0.29) is 23.8 Å². The minimum Gasteiger partial charge on any atom is -0.474 e. The fourth-order valence-electron chi connectivity index (χ4n) is 7.16. The van der Waals surface area contributed by atoms with Gasteiger partial charge in [0.2, 0.25) is 11.8 Å². The van der Waals surface area contributed by atoms with E-state index in [1.54, 1.807) is 22.3 Å². The Morgan fingerprint density at radius 2 is 1.88 bits per heavy atom. The highest BCUT2D eigenvalue weighted by Gasteiger charge is 2.41. The van der Waals surface area contributed by atoms with Gasteiger partial charge < -0.3 is 19.5 Å². The molecule has 0 saturated carbocycles. The summed E-state index contributed by atoms with van der Waals surface area (Å²) in [6.07, 6.45) is 6.38. The number of nitrogens with zero attached hydrogens (tertiary/aromatic N) is 4. The van der Waals surface area contributed by atoms with Gasteiger partial charge in [0.25, 0.3) is 5.88 Å². The number of ether oxygens (including phenoxy) is 1. The number of carbonyl (C=O) groups excluding carboxylic acids is 2. The maximum Gasteiger partial charge on any atom is 0.254 e. The summed E-state index contributed by atoms with van der Waals surface area (Å²) >= 11 is 1.62. The van der Waals surface area contributed by atoms with E-state index >= 15 is 0 Å². The number of aromatic nitrogens is 2. The lowest BCUT2D eigenvalue weighted by molar-refractivity contribution is -0.141. The van der Waals surface area contributed by atoms with Gasteiger partial charge in [-0.05, 0) is 81.1 Å². The third-order valence-electron chi connectivity index (χ3n) is 9.51. The fourth-order valence-corrected chi connectivity index (χ4v) is 7.97. The van der Waals surface area contributed by atoms with Gasteiger partial charge in [0.05, 0.1) is 22.1 Å². The Hall–Kier alpha value is -3.24. The minimum atomic E-state index is -0.534. The highest BCUT2D eigenvalue weighted by Crippen LogP contribution is 2.35. The first-order valence-corrected chi connectivity index (χ1v) is 16.6. The first-order chi connectivity index (χ1) is 20.8. The molecule has 9 nitrogen and oxygen atoms in total. The molecule has 3 aliphatic rings. The average Bonchev–Trinajstić information content (AvgIpc) is 3.81. The van der Waals surface area contributed by atoms with Gasteiger partial charge in [0.15, 0.2) is 5.76 Å². The second-order valence-corrected chi connectivity index (χ2v) is 13.5. The summed E-state index contributed by atoms with van der Waals surface area (Å²) < 4.78 is 11.7. The maximum atomic E-state index is 13.9. The summed E-state index contributed by atoms with van der Waals surface area (Å²) in [5.74, 6) is 0.142. The molecule has 43 heavy (non-hydrogen) atoms. The molecular formula is C33H43N5O4S. The Labute approximate surface area is 258 Å². The summed E-state index contributed by atoms with van der Waals surface area (Å²) in [6, 6.07) is 10.4. The number of likely N-dealkylation sites (tertiary alicyclic amines) is 1. The molecule has 3 aromatic rings. The molecular weight excluding hydrogens is 562 g/mol. The Kier molecular flexibility index (Phi) is 8.86. The molecule has 1 N–H and O–H groups in total. The quantitative estimate of drug-likeness (QED) is 0.316. The van der Waals surface area contributed by atoms with Crippen LogP contribution in [0.3, 0.4) is 0 Å². The predicted octanol–water partition coefficient (Wildman–Crippen LogP) is 5.72. The molecule has 230 valence electrons. The molecule has 0 spiro atoms. The molecule has 0 aliphatic carbocycles. The molecule has 6 rings (SSSR count). The summed E-state index contributed by atoms with van der Waals surface area (Å²) in [5.41, 5.74) is 5.01. The van der Waals surface area contributed by atoms with Gasteiger partial charge in [0.1, 0.15) is 18.6 Å². The van der Waals surface area contributed by atoms with Gasteiger partial charge in [0, 0.05) is 24.7 Å². The molecule has 1 aromatic carbocycles. The normalized spacial score (nSPS) is 23.5. The van der Waals surface area contributed by atoms with Crippen molar-refractivity contribution in [3.63, 3.8) is 0 Å². The van der Waals surface area contributed by atoms with E-state index in [0.717, 1.165) is 41.1 Å². The van der Waals surface area contributed by atoms with Crippen molar-refractivity contribution in [1.29, 1.82) is 0 Å². The van der Waals surface area contributed by atoms with Crippen molar-refractivity contribution in [2.45, 2.75) is 96.3 Å². The zero-order valence-electron chi connectivity index (χ0n) is 25.6. The van der Waals surface area contributed by atoms with Crippen molar-refractivity contribution in [1.82, 2.24) is 25.3 Å². The molecule has 0 radical (unpaired) electrons. The zero-order valence-corrected chi connectivity index (χ0v) is 26.4. The van der Waals surface area contributed by atoms with E-state index in [1.807, 2.05) is 45.3 Å². The highest BCUT2D eigenvalue weighted by molar-refractivity contribution is 7.13. The van der Waals surface area contributed by atoms with Crippen LogP contribution >= 0.6 is 11.3 Å². The van der Waals surface area contributed by atoms with Crippen LogP contribution in [-0.4, -0.2) is 69.6 Å². The first-order valence-electron chi connectivity index (χ1n) is 15.8. The van der Waals surface area contributed by atoms with Crippen LogP contribution in [0.4, 0.5) is 0 Å². The first kappa shape index (κ1) is 29.8. The molecule has 1 unspecified atom stereocenters. The van der Waals surface area contributed by atoms with Crippen molar-refractivity contribution in [2.24, 2.45) is 5.92 Å². The van der Waals surface area contributed by atoms with Gasteiger partial charge >= 0.3 is 0 Å². The summed E-state index contributed by atoms with van der Waals surface area (Å²) in [5, 5.41) is 7.32. The van der Waals surface area contributed by atoms with Gasteiger partial charge in [-0.1, -0.05) is 38.1 Å². The molecule has 2 amide bonds. The molecule has 0 bridgehead atoms. The summed E-state index contributed by atoms with van der Waals surface area (Å²) in [4.78, 5) is 37.2. The van der Waals surface area contributed by atoms with Crippen LogP contribution in [0, 0.1) is 12.8 Å². The zero-order chi connectivity index (χ0) is 30.1. The molecule has 2 aromatic heterocycles. The fraction of sp³-hybridized carbons (Fsp3) is 0.576. The largest absolute Gasteiger partial charge is 0.474 e. The maximum absolute atomic E-state index is 13.9. The van der Waals surface area contributed by atoms with Crippen LogP contribution in [-0.2, 0) is 9.59 Å². The number of fused-ring (bicyclic) bond motifs is 1. The van der Waals surface area contributed by atoms with Gasteiger partial charge in [-0.15, -0.1) is 11.3 Å². The number of thiazole rings is 1. The van der Waals surface area contributed by atoms with Gasteiger partial charge in [-0.2, -0.15) is 0 Å². The molecule has 3 aliphatic heterocycles. The molecule has 3 saturated heterocycles. The number of carbonyl (C=O) groups is 2. The average molecular weight is 606 g/mol. The van der Waals surface area contributed by atoms with Crippen molar-refractivity contribution < 1.29 is 18.8 Å². The third kappa shape index (κ3) is 6.22. The van der Waals surface area contributed by atoms with Crippen LogP contribution < -0.4 is 10.1 Å². The van der Waals surface area contributed by atoms with Crippen LogP contribution in [0.1, 0.15) is 88.3 Å². The topological polar surface area (TPSA) is 101 Å².